The number of aromatic nitrogens is 2. The zero-order valence-corrected chi connectivity index (χ0v) is 16.8. The number of amides is 1. The summed E-state index contributed by atoms with van der Waals surface area (Å²) in [5.74, 6) is 0.122. The molecule has 0 atom stereocenters. The topological polar surface area (TPSA) is 74.5 Å². The van der Waals surface area contributed by atoms with Gasteiger partial charge in [0.05, 0.1) is 17.6 Å². The lowest BCUT2D eigenvalue weighted by Gasteiger charge is -2.21. The maximum Gasteiger partial charge on any atom is 0.329 e. The van der Waals surface area contributed by atoms with Crippen molar-refractivity contribution in [3.63, 3.8) is 0 Å². The van der Waals surface area contributed by atoms with Crippen molar-refractivity contribution in [1.82, 2.24) is 14.5 Å². The zero-order chi connectivity index (χ0) is 21.1. The van der Waals surface area contributed by atoms with E-state index in [1.165, 1.54) is 12.1 Å². The molecule has 2 aromatic carbocycles. The Kier molecular flexibility index (Phi) is 5.85. The largest absolute Gasteiger partial charge is 0.467 e. The second-order valence-corrected chi connectivity index (χ2v) is 7.18. The van der Waals surface area contributed by atoms with Crippen LogP contribution < -0.4 is 15.7 Å². The molecule has 0 radical (unpaired) electrons. The van der Waals surface area contributed by atoms with Gasteiger partial charge in [-0.05, 0) is 43.2 Å². The Bertz CT molecular complexity index is 1140. The van der Waals surface area contributed by atoms with Crippen molar-refractivity contribution in [2.24, 2.45) is 0 Å². The molecule has 4 rings (SSSR count). The average Bonchev–Trinajstić information content (AvgIpc) is 3.02. The molecular weight excluding hydrogens is 389 g/mol. The van der Waals surface area contributed by atoms with E-state index in [2.05, 4.69) is 5.32 Å². The third-order valence-corrected chi connectivity index (χ3v) is 5.27. The molecule has 0 aliphatic carbocycles. The first-order valence-corrected chi connectivity index (χ1v) is 10.0. The molecule has 0 fully saturated rings. The van der Waals surface area contributed by atoms with Crippen LogP contribution >= 0.6 is 0 Å². The first kappa shape index (κ1) is 20.2. The molecule has 0 bridgehead atoms. The molecule has 1 aliphatic heterocycles. The van der Waals surface area contributed by atoms with Crippen molar-refractivity contribution in [2.75, 3.05) is 13.3 Å². The number of nitrogens with zero attached hydrogens (tertiary/aromatic N) is 2. The van der Waals surface area contributed by atoms with Crippen LogP contribution in [0.25, 0.3) is 11.0 Å². The molecule has 0 saturated heterocycles. The second kappa shape index (κ2) is 8.71. The fraction of sp³-hybridized carbons (Fsp3) is 0.364. The smallest absolute Gasteiger partial charge is 0.329 e. The third kappa shape index (κ3) is 3.95. The Balaban J connectivity index is 1.37. The van der Waals surface area contributed by atoms with Crippen molar-refractivity contribution < 1.29 is 18.7 Å². The summed E-state index contributed by atoms with van der Waals surface area (Å²) in [5, 5.41) is 2.85. The number of ether oxygens (including phenoxy) is 2. The van der Waals surface area contributed by atoms with E-state index in [-0.39, 0.29) is 30.6 Å². The number of aryl methyl sites for hydroxylation is 2. The number of carbonyl (C=O) groups excluding carboxylic acids is 1. The van der Waals surface area contributed by atoms with E-state index >= 15 is 0 Å². The van der Waals surface area contributed by atoms with Gasteiger partial charge in [-0.3, -0.25) is 13.9 Å². The van der Waals surface area contributed by atoms with Crippen LogP contribution in [0.15, 0.2) is 41.2 Å². The SMILES string of the molecule is CCn1c(=O)n(CCC(=O)NCCc2cc(F)cc3c2OCOC3)c2ccccc21. The van der Waals surface area contributed by atoms with Crippen LogP contribution in [0.3, 0.4) is 0 Å². The highest BCUT2D eigenvalue weighted by Gasteiger charge is 2.17. The Morgan fingerprint density at radius 2 is 1.97 bits per heavy atom. The summed E-state index contributed by atoms with van der Waals surface area (Å²) in [6, 6.07) is 10.4. The third-order valence-electron chi connectivity index (χ3n) is 5.27. The van der Waals surface area contributed by atoms with E-state index in [9.17, 15) is 14.0 Å². The van der Waals surface area contributed by atoms with Crippen LogP contribution in [0.5, 0.6) is 5.75 Å². The van der Waals surface area contributed by atoms with Crippen LogP contribution in [0.4, 0.5) is 4.39 Å². The summed E-state index contributed by atoms with van der Waals surface area (Å²) >= 11 is 0. The van der Waals surface area contributed by atoms with E-state index in [0.29, 0.717) is 49.5 Å². The maximum atomic E-state index is 13.8. The van der Waals surface area contributed by atoms with Crippen LogP contribution in [-0.4, -0.2) is 28.4 Å². The highest BCUT2D eigenvalue weighted by Crippen LogP contribution is 2.29. The number of imidazole rings is 1. The number of benzene rings is 2. The van der Waals surface area contributed by atoms with Gasteiger partial charge < -0.3 is 14.8 Å². The van der Waals surface area contributed by atoms with Crippen molar-refractivity contribution >= 4 is 16.9 Å². The summed E-state index contributed by atoms with van der Waals surface area (Å²) < 4.78 is 27.8. The van der Waals surface area contributed by atoms with E-state index in [4.69, 9.17) is 9.47 Å². The van der Waals surface area contributed by atoms with Crippen LogP contribution in [-0.2, 0) is 35.6 Å². The van der Waals surface area contributed by atoms with E-state index in [1.54, 1.807) is 9.13 Å². The molecule has 2 heterocycles. The Hall–Kier alpha value is -3.13. The van der Waals surface area contributed by atoms with Crippen LogP contribution in [0.2, 0.25) is 0 Å². The molecule has 1 amide bonds. The molecule has 158 valence electrons. The van der Waals surface area contributed by atoms with Gasteiger partial charge in [-0.2, -0.15) is 0 Å². The predicted octanol–water partition coefficient (Wildman–Crippen LogP) is 2.58. The Labute approximate surface area is 173 Å². The van der Waals surface area contributed by atoms with Gasteiger partial charge >= 0.3 is 5.69 Å². The lowest BCUT2D eigenvalue weighted by atomic mass is 10.1. The molecule has 30 heavy (non-hydrogen) atoms. The molecule has 8 heteroatoms. The van der Waals surface area contributed by atoms with E-state index in [1.807, 2.05) is 31.2 Å². The Morgan fingerprint density at radius 3 is 2.73 bits per heavy atom. The number of hydrogen-bond acceptors (Lipinski definition) is 4. The quantitative estimate of drug-likeness (QED) is 0.646. The standard InChI is InChI=1S/C22H24FN3O4/c1-2-25-18-5-3-4-6-19(18)26(22(25)28)10-8-20(27)24-9-7-15-11-17(23)12-16-13-29-14-30-21(15)16/h3-6,11-12H,2,7-10,13-14H2,1H3,(H,24,27). The molecule has 1 aromatic heterocycles. The Morgan fingerprint density at radius 1 is 1.20 bits per heavy atom. The molecule has 1 aliphatic rings. The summed E-state index contributed by atoms with van der Waals surface area (Å²) in [7, 11) is 0. The minimum Gasteiger partial charge on any atom is -0.467 e. The van der Waals surface area contributed by atoms with Crippen molar-refractivity contribution in [3.8, 4) is 5.75 Å². The van der Waals surface area contributed by atoms with Gasteiger partial charge in [-0.1, -0.05) is 12.1 Å². The number of halogens is 1. The minimum absolute atomic E-state index is 0.114. The highest BCUT2D eigenvalue weighted by molar-refractivity contribution is 5.78. The minimum atomic E-state index is -0.351. The summed E-state index contributed by atoms with van der Waals surface area (Å²) in [6.45, 7) is 3.60. The van der Waals surface area contributed by atoms with E-state index in [0.717, 1.165) is 11.0 Å². The summed E-state index contributed by atoms with van der Waals surface area (Å²) in [6.07, 6.45) is 0.629. The summed E-state index contributed by atoms with van der Waals surface area (Å²) in [4.78, 5) is 25.0. The van der Waals surface area contributed by atoms with Gasteiger partial charge in [-0.25, -0.2) is 9.18 Å². The molecule has 1 N–H and O–H groups in total. The van der Waals surface area contributed by atoms with E-state index < -0.39 is 0 Å². The van der Waals surface area contributed by atoms with Crippen molar-refractivity contribution in [3.05, 3.63) is 63.8 Å². The van der Waals surface area contributed by atoms with Crippen molar-refractivity contribution in [2.45, 2.75) is 39.5 Å². The number of rotatable bonds is 7. The molecule has 0 saturated carbocycles. The van der Waals surface area contributed by atoms with Crippen LogP contribution in [0.1, 0.15) is 24.5 Å². The molecule has 0 spiro atoms. The van der Waals surface area contributed by atoms with Gasteiger partial charge in [0.25, 0.3) is 0 Å². The van der Waals surface area contributed by atoms with Gasteiger partial charge in [0, 0.05) is 31.6 Å². The number of nitrogens with one attached hydrogen (secondary N) is 1. The first-order valence-electron chi connectivity index (χ1n) is 10.0. The maximum absolute atomic E-state index is 13.8. The summed E-state index contributed by atoms with van der Waals surface area (Å²) in [5.41, 5.74) is 2.95. The van der Waals surface area contributed by atoms with Gasteiger partial charge in [0.15, 0.2) is 6.79 Å². The molecule has 3 aromatic rings. The van der Waals surface area contributed by atoms with Crippen LogP contribution in [0, 0.1) is 5.82 Å². The monoisotopic (exact) mass is 413 g/mol. The van der Waals surface area contributed by atoms with Crippen molar-refractivity contribution in [1.29, 1.82) is 0 Å². The number of fused-ring (bicyclic) bond motifs is 2. The normalized spacial score (nSPS) is 13.1. The fourth-order valence-electron chi connectivity index (χ4n) is 3.87. The first-order chi connectivity index (χ1) is 14.6. The number of hydrogen-bond donors (Lipinski definition) is 1. The van der Waals surface area contributed by atoms with Gasteiger partial charge in [0.1, 0.15) is 11.6 Å². The van der Waals surface area contributed by atoms with Gasteiger partial charge in [0.2, 0.25) is 5.91 Å². The fourth-order valence-corrected chi connectivity index (χ4v) is 3.87. The molecular formula is C22H24FN3O4. The molecule has 7 nitrogen and oxygen atoms in total. The number of carbonyl (C=O) groups is 1. The lowest BCUT2D eigenvalue weighted by Crippen LogP contribution is -2.29. The average molecular weight is 413 g/mol. The lowest BCUT2D eigenvalue weighted by molar-refractivity contribution is -0.121. The zero-order valence-electron chi connectivity index (χ0n) is 16.8. The second-order valence-electron chi connectivity index (χ2n) is 7.18. The highest BCUT2D eigenvalue weighted by atomic mass is 19.1. The number of para-hydroxylation sites is 2. The molecule has 0 unspecified atom stereocenters. The predicted molar refractivity (Wildman–Crippen MR) is 110 cm³/mol. The van der Waals surface area contributed by atoms with Gasteiger partial charge in [-0.15, -0.1) is 0 Å².